The van der Waals surface area contributed by atoms with Gasteiger partial charge in [-0.05, 0) is 43.3 Å². The van der Waals surface area contributed by atoms with Crippen LogP contribution in [0.1, 0.15) is 12.8 Å². The molecule has 0 radical (unpaired) electrons. The predicted molar refractivity (Wildman–Crippen MR) is 110 cm³/mol. The molecule has 2 aromatic carbocycles. The lowest BCUT2D eigenvalue weighted by atomic mass is 10.2. The van der Waals surface area contributed by atoms with Crippen molar-refractivity contribution in [2.75, 3.05) is 14.2 Å². The molecular formula is C20H20ClN3O3S. The quantitative estimate of drug-likeness (QED) is 0.526. The predicted octanol–water partition coefficient (Wildman–Crippen LogP) is 4.54. The summed E-state index contributed by atoms with van der Waals surface area (Å²) in [5, 5.41) is 4.41. The highest BCUT2D eigenvalue weighted by Gasteiger charge is 2.21. The van der Waals surface area contributed by atoms with Crippen LogP contribution in [-0.2, 0) is 11.3 Å². The van der Waals surface area contributed by atoms with E-state index in [2.05, 4.69) is 10.1 Å². The third-order valence-corrected chi connectivity index (χ3v) is 5.37. The standard InChI is InChI=1S/C20H20ClN3O3S/c1-13(28-17-9-7-15(21)8-10-17)20(25)24(2)12-18-22-19(23-27-18)14-5-4-6-16(11-14)26-3/h4-11,13H,12H2,1-3H3. The van der Waals surface area contributed by atoms with Crippen molar-refractivity contribution in [1.82, 2.24) is 15.0 Å². The Labute approximate surface area is 172 Å². The Morgan fingerprint density at radius 2 is 2.04 bits per heavy atom. The van der Waals surface area contributed by atoms with E-state index in [0.29, 0.717) is 22.5 Å². The zero-order chi connectivity index (χ0) is 20.1. The Morgan fingerprint density at radius 1 is 1.29 bits per heavy atom. The van der Waals surface area contributed by atoms with Crippen LogP contribution in [0.25, 0.3) is 11.4 Å². The second-order valence-electron chi connectivity index (χ2n) is 6.15. The van der Waals surface area contributed by atoms with Crippen LogP contribution in [-0.4, -0.2) is 40.4 Å². The molecule has 6 nitrogen and oxygen atoms in total. The minimum Gasteiger partial charge on any atom is -0.497 e. The molecule has 1 atom stereocenters. The zero-order valence-electron chi connectivity index (χ0n) is 15.8. The second-order valence-corrected chi connectivity index (χ2v) is 8.00. The number of carbonyl (C=O) groups is 1. The van der Waals surface area contributed by atoms with Gasteiger partial charge in [-0.3, -0.25) is 4.79 Å². The SMILES string of the molecule is COc1cccc(-c2noc(CN(C)C(=O)C(C)Sc3ccc(Cl)cc3)n2)c1. The van der Waals surface area contributed by atoms with E-state index in [-0.39, 0.29) is 17.7 Å². The van der Waals surface area contributed by atoms with E-state index in [4.69, 9.17) is 20.9 Å². The van der Waals surface area contributed by atoms with Gasteiger partial charge in [0.2, 0.25) is 17.6 Å². The summed E-state index contributed by atoms with van der Waals surface area (Å²) >= 11 is 7.38. The topological polar surface area (TPSA) is 68.5 Å². The third-order valence-electron chi connectivity index (χ3n) is 4.02. The van der Waals surface area contributed by atoms with E-state index < -0.39 is 0 Å². The Bertz CT molecular complexity index is 946. The van der Waals surface area contributed by atoms with Crippen LogP contribution >= 0.6 is 23.4 Å². The molecular weight excluding hydrogens is 398 g/mol. The van der Waals surface area contributed by atoms with Crippen molar-refractivity contribution in [3.63, 3.8) is 0 Å². The van der Waals surface area contributed by atoms with Crippen LogP contribution in [0.2, 0.25) is 5.02 Å². The third kappa shape index (κ3) is 5.05. The van der Waals surface area contributed by atoms with E-state index >= 15 is 0 Å². The maximum Gasteiger partial charge on any atom is 0.246 e. The molecule has 0 N–H and O–H groups in total. The molecule has 146 valence electrons. The van der Waals surface area contributed by atoms with Gasteiger partial charge in [0.1, 0.15) is 5.75 Å². The number of thioether (sulfide) groups is 1. The van der Waals surface area contributed by atoms with Crippen LogP contribution < -0.4 is 4.74 Å². The molecule has 0 fully saturated rings. The monoisotopic (exact) mass is 417 g/mol. The van der Waals surface area contributed by atoms with E-state index in [1.54, 1.807) is 19.1 Å². The van der Waals surface area contributed by atoms with Crippen LogP contribution in [0.4, 0.5) is 0 Å². The average Bonchev–Trinajstić information content (AvgIpc) is 3.17. The van der Waals surface area contributed by atoms with Crippen molar-refractivity contribution in [2.24, 2.45) is 0 Å². The Kier molecular flexibility index (Phi) is 6.59. The fourth-order valence-electron chi connectivity index (χ4n) is 2.56. The van der Waals surface area contributed by atoms with Crippen molar-refractivity contribution < 1.29 is 14.1 Å². The lowest BCUT2D eigenvalue weighted by Crippen LogP contribution is -2.32. The molecule has 28 heavy (non-hydrogen) atoms. The van der Waals surface area contributed by atoms with Gasteiger partial charge in [0.25, 0.3) is 0 Å². The molecule has 3 rings (SSSR count). The highest BCUT2D eigenvalue weighted by molar-refractivity contribution is 8.00. The van der Waals surface area contributed by atoms with Gasteiger partial charge in [-0.1, -0.05) is 28.9 Å². The fourth-order valence-corrected chi connectivity index (χ4v) is 3.67. The van der Waals surface area contributed by atoms with Gasteiger partial charge in [-0.25, -0.2) is 0 Å². The van der Waals surface area contributed by atoms with Crippen molar-refractivity contribution in [2.45, 2.75) is 23.6 Å². The molecule has 0 saturated heterocycles. The largest absolute Gasteiger partial charge is 0.497 e. The van der Waals surface area contributed by atoms with Crippen molar-refractivity contribution in [1.29, 1.82) is 0 Å². The summed E-state index contributed by atoms with van der Waals surface area (Å²) in [4.78, 5) is 19.6. The van der Waals surface area contributed by atoms with Crippen LogP contribution in [0, 0.1) is 0 Å². The number of aromatic nitrogens is 2. The maximum atomic E-state index is 12.7. The van der Waals surface area contributed by atoms with Gasteiger partial charge < -0.3 is 14.2 Å². The molecule has 0 aliphatic carbocycles. The lowest BCUT2D eigenvalue weighted by molar-refractivity contribution is -0.129. The van der Waals surface area contributed by atoms with Gasteiger partial charge in [0.15, 0.2) is 0 Å². The maximum absolute atomic E-state index is 12.7. The van der Waals surface area contributed by atoms with Crippen LogP contribution in [0.5, 0.6) is 5.75 Å². The van der Waals surface area contributed by atoms with Gasteiger partial charge in [0.05, 0.1) is 18.9 Å². The molecule has 0 aliphatic rings. The summed E-state index contributed by atoms with van der Waals surface area (Å²) in [6.07, 6.45) is 0. The average molecular weight is 418 g/mol. The summed E-state index contributed by atoms with van der Waals surface area (Å²) in [7, 11) is 3.32. The fraction of sp³-hybridized carbons (Fsp3) is 0.250. The van der Waals surface area contributed by atoms with Gasteiger partial charge >= 0.3 is 0 Å². The number of methoxy groups -OCH3 is 1. The summed E-state index contributed by atoms with van der Waals surface area (Å²) in [6, 6.07) is 14.8. The molecule has 0 spiro atoms. The molecule has 3 aromatic rings. The van der Waals surface area contributed by atoms with Crippen LogP contribution in [0.15, 0.2) is 57.9 Å². The first-order valence-electron chi connectivity index (χ1n) is 8.60. The van der Waals surface area contributed by atoms with Gasteiger partial charge in [-0.2, -0.15) is 4.98 Å². The molecule has 0 aliphatic heterocycles. The first-order chi connectivity index (χ1) is 13.5. The highest BCUT2D eigenvalue weighted by atomic mass is 35.5. The van der Waals surface area contributed by atoms with E-state index in [0.717, 1.165) is 10.5 Å². The van der Waals surface area contributed by atoms with Crippen molar-refractivity contribution in [3.8, 4) is 17.1 Å². The number of hydrogen-bond acceptors (Lipinski definition) is 6. The first-order valence-corrected chi connectivity index (χ1v) is 9.86. The van der Waals surface area contributed by atoms with Crippen molar-refractivity contribution >= 4 is 29.3 Å². The molecule has 8 heteroatoms. The van der Waals surface area contributed by atoms with Gasteiger partial charge in [-0.15, -0.1) is 11.8 Å². The lowest BCUT2D eigenvalue weighted by Gasteiger charge is -2.19. The number of benzene rings is 2. The summed E-state index contributed by atoms with van der Waals surface area (Å²) in [5.74, 6) is 1.51. The smallest absolute Gasteiger partial charge is 0.246 e. The number of hydrogen-bond donors (Lipinski definition) is 0. The Hall–Kier alpha value is -2.51. The van der Waals surface area contributed by atoms with Crippen LogP contribution in [0.3, 0.4) is 0 Å². The normalized spacial score (nSPS) is 11.9. The van der Waals surface area contributed by atoms with E-state index in [1.807, 2.05) is 55.5 Å². The molecule has 1 aromatic heterocycles. The molecule has 1 heterocycles. The first kappa shape index (κ1) is 20.2. The minimum atomic E-state index is -0.257. The molecule has 0 bridgehead atoms. The molecule has 1 amide bonds. The number of halogens is 1. The zero-order valence-corrected chi connectivity index (χ0v) is 17.3. The Balaban J connectivity index is 1.62. The second kappa shape index (κ2) is 9.12. The number of nitrogens with zero attached hydrogens (tertiary/aromatic N) is 3. The van der Waals surface area contributed by atoms with E-state index in [1.165, 1.54) is 11.8 Å². The molecule has 0 saturated carbocycles. The number of ether oxygens (including phenoxy) is 1. The van der Waals surface area contributed by atoms with E-state index in [9.17, 15) is 4.79 Å². The highest BCUT2D eigenvalue weighted by Crippen LogP contribution is 2.26. The number of amides is 1. The summed E-state index contributed by atoms with van der Waals surface area (Å²) < 4.78 is 10.5. The number of rotatable bonds is 7. The number of carbonyl (C=O) groups excluding carboxylic acids is 1. The van der Waals surface area contributed by atoms with Gasteiger partial charge in [0, 0.05) is 22.5 Å². The minimum absolute atomic E-state index is 0.0268. The summed E-state index contributed by atoms with van der Waals surface area (Å²) in [5.41, 5.74) is 0.787. The molecule has 1 unspecified atom stereocenters. The summed E-state index contributed by atoms with van der Waals surface area (Å²) in [6.45, 7) is 2.11. The van der Waals surface area contributed by atoms with Crippen molar-refractivity contribution in [3.05, 3.63) is 59.4 Å². The Morgan fingerprint density at radius 3 is 2.75 bits per heavy atom.